The quantitative estimate of drug-likeness (QED) is 0.164. The molecule has 1 aromatic carbocycles. The molecule has 1 heterocycles. The largest absolute Gasteiger partial charge is 0.509 e. The topological polar surface area (TPSA) is 144 Å². The van der Waals surface area contributed by atoms with E-state index in [4.69, 9.17) is 29.8 Å². The van der Waals surface area contributed by atoms with Crippen molar-refractivity contribution in [1.82, 2.24) is 0 Å². The van der Waals surface area contributed by atoms with Crippen molar-refractivity contribution < 1.29 is 54.1 Å². The van der Waals surface area contributed by atoms with Gasteiger partial charge in [0, 0.05) is 20.3 Å². The fraction of sp³-hybridized carbons (Fsp3) is 0.684. The minimum Gasteiger partial charge on any atom is -0.481 e. The molecule has 3 saturated carbocycles. The Labute approximate surface area is 289 Å². The number of esters is 1. The number of rotatable bonds is 12. The summed E-state index contributed by atoms with van der Waals surface area (Å²) in [6, 6.07) is 9.06. The Balaban J connectivity index is 1.35. The van der Waals surface area contributed by atoms with Gasteiger partial charge in [0.05, 0.1) is 18.1 Å². The zero-order chi connectivity index (χ0) is 36.0. The van der Waals surface area contributed by atoms with Gasteiger partial charge in [-0.3, -0.25) is 9.59 Å². The number of aldehydes is 1. The van der Waals surface area contributed by atoms with E-state index in [-0.39, 0.29) is 50.2 Å². The molecule has 0 amide bonds. The summed E-state index contributed by atoms with van der Waals surface area (Å²) in [4.78, 5) is 53.4. The van der Waals surface area contributed by atoms with Crippen LogP contribution in [0, 0.1) is 45.8 Å². The number of carboxylic acids is 1. The molecular weight excluding hydrogens is 632 g/mol. The smallest absolute Gasteiger partial charge is 0.481 e. The van der Waals surface area contributed by atoms with Gasteiger partial charge in [0.2, 0.25) is 0 Å². The summed E-state index contributed by atoms with van der Waals surface area (Å²) < 4.78 is 43.3. The van der Waals surface area contributed by atoms with Gasteiger partial charge in [0.15, 0.2) is 18.5 Å². The molecule has 0 spiro atoms. The summed E-state index contributed by atoms with van der Waals surface area (Å²) in [7, 11) is 1.42. The first-order valence-electron chi connectivity index (χ1n) is 18.2. The van der Waals surface area contributed by atoms with E-state index in [0.717, 1.165) is 30.3 Å². The van der Waals surface area contributed by atoms with Crippen LogP contribution in [0.15, 0.2) is 42.0 Å². The lowest BCUT2D eigenvalue weighted by atomic mass is 9.43. The number of carbonyl (C=O) groups is 4. The van der Waals surface area contributed by atoms with Crippen LogP contribution in [0.4, 0.5) is 4.79 Å². The van der Waals surface area contributed by atoms with Gasteiger partial charge in [-0.2, -0.15) is 0 Å². The summed E-state index contributed by atoms with van der Waals surface area (Å²) in [5.74, 6) is -1.63. The lowest BCUT2D eigenvalue weighted by Gasteiger charge is -2.58. The second-order valence-corrected chi connectivity index (χ2v) is 15.0. The minimum absolute atomic E-state index is 0.0450. The van der Waals surface area contributed by atoms with Crippen LogP contribution < -0.4 is 0 Å². The maximum absolute atomic E-state index is 13.9. The van der Waals surface area contributed by atoms with Gasteiger partial charge in [-0.25, -0.2) is 4.79 Å². The number of hydrogen-bond acceptors (Lipinski definition) is 10. The standard InChI is InChI=1S/C38H50O11/c1-7-29(40)48-31-30(44-6)23(5)47-33(32(31)49-35(43)45-18-24-11-9-8-10-12-24)46-20-37-17-26-22(4)13-14-27(26)36(19-39)16-25(37)15-28(21(2)3)38(36,37)34(41)42/h8-12,15,19,21-23,25-27,30-33H,7,13-14,16-18,20H2,1-6H3,(H,41,42)/t22?,23-,25?,26?,27?,30-,31-,32+,33?,36?,37?,38?/m1/s1/i1D. The van der Waals surface area contributed by atoms with Crippen LogP contribution in [0.1, 0.15) is 73.6 Å². The Morgan fingerprint density at radius 2 is 1.84 bits per heavy atom. The van der Waals surface area contributed by atoms with Crippen LogP contribution in [0.5, 0.6) is 0 Å². The first-order chi connectivity index (χ1) is 23.9. The molecule has 1 aromatic rings. The molecule has 49 heavy (non-hydrogen) atoms. The third-order valence-electron chi connectivity index (χ3n) is 12.5. The predicted molar refractivity (Wildman–Crippen MR) is 175 cm³/mol. The third kappa shape index (κ3) is 5.33. The second kappa shape index (κ2) is 13.5. The highest BCUT2D eigenvalue weighted by molar-refractivity contribution is 5.90. The molecule has 1 N–H and O–H groups in total. The van der Waals surface area contributed by atoms with Crippen LogP contribution in [-0.4, -0.2) is 73.9 Å². The van der Waals surface area contributed by atoms with Gasteiger partial charge in [0.25, 0.3) is 0 Å². The normalized spacial score (nSPS) is 40.7. The Morgan fingerprint density at radius 1 is 1.08 bits per heavy atom. The van der Waals surface area contributed by atoms with E-state index >= 15 is 0 Å². The predicted octanol–water partition coefficient (Wildman–Crippen LogP) is 5.73. The summed E-state index contributed by atoms with van der Waals surface area (Å²) in [6.45, 7) is 7.49. The lowest BCUT2D eigenvalue weighted by molar-refractivity contribution is -0.309. The number of ether oxygens (including phenoxy) is 6. The highest BCUT2D eigenvalue weighted by Crippen LogP contribution is 2.82. The molecule has 0 radical (unpaired) electrons. The summed E-state index contributed by atoms with van der Waals surface area (Å²) in [5, 5.41) is 11.4. The van der Waals surface area contributed by atoms with E-state index in [9.17, 15) is 24.3 Å². The van der Waals surface area contributed by atoms with E-state index < -0.39 is 65.0 Å². The fourth-order valence-corrected chi connectivity index (χ4v) is 10.6. The highest BCUT2D eigenvalue weighted by atomic mass is 16.8. The molecule has 5 aliphatic rings. The molecular formula is C38H50O11. The van der Waals surface area contributed by atoms with Gasteiger partial charge in [0.1, 0.15) is 24.4 Å². The van der Waals surface area contributed by atoms with Crippen LogP contribution in [-0.2, 0) is 49.4 Å². The van der Waals surface area contributed by atoms with Crippen LogP contribution >= 0.6 is 0 Å². The molecule has 12 atom stereocenters. The molecule has 4 aliphatic carbocycles. The van der Waals surface area contributed by atoms with E-state index in [1.165, 1.54) is 7.11 Å². The number of carboxylic acid groups (broad SMARTS) is 1. The molecule has 1 saturated heterocycles. The monoisotopic (exact) mass is 683 g/mol. The Bertz CT molecular complexity index is 1480. The Morgan fingerprint density at radius 3 is 2.49 bits per heavy atom. The summed E-state index contributed by atoms with van der Waals surface area (Å²) in [5.41, 5.74) is -2.03. The number of benzene rings is 1. The second-order valence-electron chi connectivity index (χ2n) is 15.0. The van der Waals surface area contributed by atoms with Crippen molar-refractivity contribution in [3.8, 4) is 0 Å². The average Bonchev–Trinajstić information content (AvgIpc) is 3.66. The van der Waals surface area contributed by atoms with Gasteiger partial charge in [-0.1, -0.05) is 76.1 Å². The minimum atomic E-state index is -1.48. The highest BCUT2D eigenvalue weighted by Gasteiger charge is 2.84. The van der Waals surface area contributed by atoms with Gasteiger partial charge in [-0.05, 0) is 61.3 Å². The summed E-state index contributed by atoms with van der Waals surface area (Å²) >= 11 is 0. The molecule has 4 bridgehead atoms. The molecule has 4 fully saturated rings. The molecule has 8 unspecified atom stereocenters. The lowest BCUT2D eigenvalue weighted by Crippen LogP contribution is -2.65. The van der Waals surface area contributed by atoms with Crippen molar-refractivity contribution in [2.75, 3.05) is 13.7 Å². The van der Waals surface area contributed by atoms with Crippen molar-refractivity contribution in [3.63, 3.8) is 0 Å². The van der Waals surface area contributed by atoms with Crippen molar-refractivity contribution in [2.24, 2.45) is 45.8 Å². The molecule has 11 nitrogen and oxygen atoms in total. The average molecular weight is 684 g/mol. The van der Waals surface area contributed by atoms with E-state index in [2.05, 4.69) is 13.0 Å². The molecule has 268 valence electrons. The van der Waals surface area contributed by atoms with Gasteiger partial charge < -0.3 is 38.3 Å². The van der Waals surface area contributed by atoms with Crippen molar-refractivity contribution in [2.45, 2.75) is 104 Å². The Kier molecular flexibility index (Phi) is 9.38. The van der Waals surface area contributed by atoms with Crippen molar-refractivity contribution >= 4 is 24.4 Å². The number of carbonyl (C=O) groups excluding carboxylic acids is 3. The molecule has 1 aliphatic heterocycles. The zero-order valence-electron chi connectivity index (χ0n) is 30.0. The fourth-order valence-electron chi connectivity index (χ4n) is 10.6. The van der Waals surface area contributed by atoms with E-state index in [1.54, 1.807) is 19.1 Å². The Hall–Kier alpha value is -3.28. The van der Waals surface area contributed by atoms with E-state index in [0.29, 0.717) is 18.8 Å². The van der Waals surface area contributed by atoms with E-state index in [1.807, 2.05) is 32.0 Å². The van der Waals surface area contributed by atoms with Crippen molar-refractivity contribution in [3.05, 3.63) is 47.5 Å². The number of fused-ring (bicyclic) bond motifs is 2. The maximum atomic E-state index is 13.9. The number of allylic oxidation sites excluding steroid dienone is 1. The zero-order valence-corrected chi connectivity index (χ0v) is 29.0. The van der Waals surface area contributed by atoms with Gasteiger partial charge in [-0.15, -0.1) is 0 Å². The van der Waals surface area contributed by atoms with Gasteiger partial charge >= 0.3 is 18.1 Å². The molecule has 6 rings (SSSR count). The SMILES string of the molecule is [2H]CCC(=O)O[C@@H]1[C@H](OC)[C@@H](C)OC(OCC23CC4C(C)CCC4C4(C=O)CC2C=C(C(C)C)C43C(=O)O)[C@H]1OC(=O)OCc1ccccc1. The number of hydrogen-bond donors (Lipinski definition) is 1. The van der Waals surface area contributed by atoms with Crippen LogP contribution in [0.25, 0.3) is 0 Å². The number of methoxy groups -OCH3 is 1. The van der Waals surface area contributed by atoms with Crippen molar-refractivity contribution in [1.29, 1.82) is 0 Å². The first kappa shape index (κ1) is 34.2. The first-order valence-corrected chi connectivity index (χ1v) is 17.5. The molecule has 0 aromatic heterocycles. The third-order valence-corrected chi connectivity index (χ3v) is 12.5. The maximum Gasteiger partial charge on any atom is 0.509 e. The van der Waals surface area contributed by atoms with Crippen LogP contribution in [0.3, 0.4) is 0 Å². The summed E-state index contributed by atoms with van der Waals surface area (Å²) in [6.07, 6.45) is -0.885. The molecule has 11 heteroatoms. The number of aliphatic carboxylic acids is 1. The van der Waals surface area contributed by atoms with Crippen LogP contribution in [0.2, 0.25) is 0 Å².